The van der Waals surface area contributed by atoms with Crippen LogP contribution in [0.25, 0.3) is 0 Å². The van der Waals surface area contributed by atoms with Crippen LogP contribution >= 0.6 is 0 Å². The molecule has 2 rings (SSSR count). The highest BCUT2D eigenvalue weighted by Crippen LogP contribution is 2.23. The van der Waals surface area contributed by atoms with Crippen molar-refractivity contribution in [1.82, 2.24) is 0 Å². The monoisotopic (exact) mass is 482 g/mol. The lowest BCUT2D eigenvalue weighted by Gasteiger charge is -2.38. The molecule has 0 saturated heterocycles. The van der Waals surface area contributed by atoms with Crippen LogP contribution in [0.2, 0.25) is 52.4 Å². The molecule has 0 fully saturated rings. The normalized spacial score (nSPS) is 12.4. The lowest BCUT2D eigenvalue weighted by molar-refractivity contribution is 0.334. The largest absolute Gasteiger partial charge is 0.427 e. The van der Waals surface area contributed by atoms with E-state index in [9.17, 15) is 0 Å². The van der Waals surface area contributed by atoms with Gasteiger partial charge in [0.15, 0.2) is 0 Å². The Morgan fingerprint density at radius 3 is 1.13 bits per heavy atom. The predicted octanol–water partition coefficient (Wildman–Crippen LogP) is 6.03. The second-order valence-electron chi connectivity index (χ2n) is 9.36. The van der Waals surface area contributed by atoms with Crippen LogP contribution in [0, 0.1) is 22.9 Å². The molecule has 2 aromatic carbocycles. The van der Waals surface area contributed by atoms with Crippen LogP contribution in [0.4, 0.5) is 0 Å². The van der Waals surface area contributed by atoms with E-state index in [1.54, 1.807) is 0 Å². The van der Waals surface area contributed by atoms with Gasteiger partial charge in [-0.05, 0) is 76.6 Å². The van der Waals surface area contributed by atoms with Crippen molar-refractivity contribution in [2.24, 2.45) is 0 Å². The molecule has 0 heterocycles. The molecular formula is C24H34O3Si4. The Hall–Kier alpha value is -1.69. The lowest BCUT2D eigenvalue weighted by atomic mass is 10.2. The van der Waals surface area contributed by atoms with E-state index in [0.717, 1.165) is 11.1 Å². The van der Waals surface area contributed by atoms with Crippen LogP contribution in [0.1, 0.15) is 11.1 Å². The summed E-state index contributed by atoms with van der Waals surface area (Å²) in [5, 5.41) is 0. The fourth-order valence-corrected chi connectivity index (χ4v) is 20.4. The average molecular weight is 483 g/mol. The first-order valence-electron chi connectivity index (χ1n) is 10.5. The Morgan fingerprint density at radius 2 is 0.806 bits per heavy atom. The van der Waals surface area contributed by atoms with Crippen molar-refractivity contribution in [3.8, 4) is 22.9 Å². The highest BCUT2D eigenvalue weighted by Gasteiger charge is 2.43. The molecule has 0 aliphatic heterocycles. The Labute approximate surface area is 192 Å². The number of hydrogen-bond acceptors (Lipinski definition) is 3. The third-order valence-electron chi connectivity index (χ3n) is 4.06. The highest BCUT2D eigenvalue weighted by atomic mass is 28.5. The van der Waals surface area contributed by atoms with Gasteiger partial charge in [0.1, 0.15) is 0 Å². The minimum absolute atomic E-state index is 1.01. The van der Waals surface area contributed by atoms with Crippen LogP contribution in [-0.2, 0) is 12.3 Å². The molecule has 0 aliphatic carbocycles. The summed E-state index contributed by atoms with van der Waals surface area (Å²) in [7, 11) is -9.29. The second kappa shape index (κ2) is 10.3. The summed E-state index contributed by atoms with van der Waals surface area (Å²) in [5.74, 6) is 6.53. The van der Waals surface area contributed by atoms with Gasteiger partial charge < -0.3 is 12.3 Å². The van der Waals surface area contributed by atoms with E-state index in [1.807, 2.05) is 60.7 Å². The van der Waals surface area contributed by atoms with Gasteiger partial charge in [-0.1, -0.05) is 59.3 Å². The molecule has 0 N–H and O–H groups in total. The van der Waals surface area contributed by atoms with E-state index in [-0.39, 0.29) is 0 Å². The van der Waals surface area contributed by atoms with Gasteiger partial charge in [0.2, 0.25) is 0 Å². The van der Waals surface area contributed by atoms with Crippen molar-refractivity contribution in [3.05, 3.63) is 71.8 Å². The Bertz CT molecular complexity index is 898. The molecule has 0 aromatic heterocycles. The van der Waals surface area contributed by atoms with Crippen molar-refractivity contribution in [1.29, 1.82) is 0 Å². The predicted molar refractivity (Wildman–Crippen MR) is 140 cm³/mol. The average Bonchev–Trinajstić information content (AvgIpc) is 2.64. The fraction of sp³-hybridized carbons (Fsp3) is 0.333. The summed E-state index contributed by atoms with van der Waals surface area (Å²) in [4.78, 5) is 0. The van der Waals surface area contributed by atoms with Crippen LogP contribution < -0.4 is 0 Å². The van der Waals surface area contributed by atoms with E-state index in [4.69, 9.17) is 12.3 Å². The van der Waals surface area contributed by atoms with E-state index in [0.29, 0.717) is 0 Å². The third-order valence-corrected chi connectivity index (χ3v) is 17.5. The zero-order valence-corrected chi connectivity index (χ0v) is 24.0. The first-order chi connectivity index (χ1) is 14.3. The van der Waals surface area contributed by atoms with Crippen LogP contribution in [0.15, 0.2) is 60.7 Å². The number of hydrogen-bond donors (Lipinski definition) is 0. The molecule has 0 spiro atoms. The first kappa shape index (κ1) is 25.6. The molecule has 164 valence electrons. The number of benzene rings is 2. The first-order valence-corrected chi connectivity index (χ1v) is 22.0. The summed E-state index contributed by atoms with van der Waals surface area (Å²) in [6.07, 6.45) is 0. The van der Waals surface area contributed by atoms with Crippen LogP contribution in [0.5, 0.6) is 0 Å². The van der Waals surface area contributed by atoms with E-state index in [2.05, 4.69) is 75.3 Å². The SMILES string of the molecule is C[Si](C)(C#Cc1ccccc1)O[Si](C)(C)O[Si](C)(C)O[Si](C)(C)C#Cc1ccccc1. The summed E-state index contributed by atoms with van der Waals surface area (Å²) < 4.78 is 19.7. The zero-order valence-electron chi connectivity index (χ0n) is 20.0. The molecule has 2 aromatic rings. The summed E-state index contributed by atoms with van der Waals surface area (Å²) in [6, 6.07) is 20.1. The van der Waals surface area contributed by atoms with E-state index >= 15 is 0 Å². The maximum absolute atomic E-state index is 6.57. The molecule has 0 saturated carbocycles. The van der Waals surface area contributed by atoms with Gasteiger partial charge in [-0.25, -0.2) is 0 Å². The molecule has 0 aliphatic rings. The van der Waals surface area contributed by atoms with Crippen molar-refractivity contribution < 1.29 is 12.3 Å². The molecule has 0 unspecified atom stereocenters. The smallest absolute Gasteiger partial charge is 0.313 e. The van der Waals surface area contributed by atoms with E-state index < -0.39 is 33.8 Å². The van der Waals surface area contributed by atoms with Crippen molar-refractivity contribution in [2.45, 2.75) is 52.4 Å². The van der Waals surface area contributed by atoms with Crippen molar-refractivity contribution >= 4 is 33.8 Å². The van der Waals surface area contributed by atoms with Gasteiger partial charge in [0.05, 0.1) is 0 Å². The van der Waals surface area contributed by atoms with Gasteiger partial charge in [-0.2, -0.15) is 0 Å². The van der Waals surface area contributed by atoms with Gasteiger partial charge in [-0.15, -0.1) is 0 Å². The maximum Gasteiger partial charge on any atom is 0.313 e. The van der Waals surface area contributed by atoms with Crippen LogP contribution in [-0.4, -0.2) is 33.8 Å². The highest BCUT2D eigenvalue weighted by molar-refractivity contribution is 6.92. The van der Waals surface area contributed by atoms with Gasteiger partial charge in [-0.3, -0.25) is 0 Å². The Morgan fingerprint density at radius 1 is 0.484 bits per heavy atom. The standard InChI is InChI=1S/C24H34O3Si4/c1-28(2,21-19-23-15-11-9-12-16-23)25-30(5,6)27-31(7,8)26-29(3,4)22-20-24-17-13-10-14-18-24/h9-18H,1-8H3. The zero-order chi connectivity index (χ0) is 23.2. The molecule has 0 atom stereocenters. The van der Waals surface area contributed by atoms with Gasteiger partial charge in [0, 0.05) is 11.1 Å². The molecule has 7 heteroatoms. The van der Waals surface area contributed by atoms with Gasteiger partial charge >= 0.3 is 17.1 Å². The molecule has 0 amide bonds. The summed E-state index contributed by atoms with van der Waals surface area (Å²) in [6.45, 7) is 16.9. The molecule has 31 heavy (non-hydrogen) atoms. The molecule has 3 nitrogen and oxygen atoms in total. The van der Waals surface area contributed by atoms with Crippen molar-refractivity contribution in [2.75, 3.05) is 0 Å². The molecule has 0 bridgehead atoms. The topological polar surface area (TPSA) is 27.7 Å². The maximum atomic E-state index is 6.57. The number of rotatable bonds is 6. The quantitative estimate of drug-likeness (QED) is 0.371. The minimum Gasteiger partial charge on any atom is -0.427 e. The third kappa shape index (κ3) is 9.98. The molecule has 0 radical (unpaired) electrons. The summed E-state index contributed by atoms with van der Waals surface area (Å²) in [5.41, 5.74) is 8.79. The molecular weight excluding hydrogens is 449 g/mol. The lowest BCUT2D eigenvalue weighted by Crippen LogP contribution is -2.56. The second-order valence-corrected chi connectivity index (χ2v) is 23.9. The van der Waals surface area contributed by atoms with Gasteiger partial charge in [0.25, 0.3) is 16.6 Å². The summed E-state index contributed by atoms with van der Waals surface area (Å²) >= 11 is 0. The fourth-order valence-electron chi connectivity index (χ4n) is 3.40. The van der Waals surface area contributed by atoms with Crippen LogP contribution in [0.3, 0.4) is 0 Å². The minimum atomic E-state index is -2.43. The van der Waals surface area contributed by atoms with E-state index in [1.165, 1.54) is 0 Å². The Balaban J connectivity index is 2.04. The Kier molecular flexibility index (Phi) is 8.48. The van der Waals surface area contributed by atoms with Crippen molar-refractivity contribution in [3.63, 3.8) is 0 Å².